The van der Waals surface area contributed by atoms with Crippen molar-refractivity contribution in [3.63, 3.8) is 0 Å². The van der Waals surface area contributed by atoms with Gasteiger partial charge in [0, 0.05) is 18.8 Å². The van der Waals surface area contributed by atoms with E-state index in [1.807, 2.05) is 49.4 Å². The van der Waals surface area contributed by atoms with Gasteiger partial charge in [0.05, 0.1) is 29.9 Å². The Morgan fingerprint density at radius 2 is 2.03 bits per heavy atom. The third-order valence-corrected chi connectivity index (χ3v) is 6.16. The highest BCUT2D eigenvalue weighted by Gasteiger charge is 2.27. The number of nitrogens with zero attached hydrogens (tertiary/aromatic N) is 2. The van der Waals surface area contributed by atoms with Crippen LogP contribution in [0.4, 0.5) is 10.8 Å². The number of piperidine rings is 1. The predicted octanol–water partition coefficient (Wildman–Crippen LogP) is 4.56. The molecule has 1 aliphatic heterocycles. The zero-order valence-electron chi connectivity index (χ0n) is 16.7. The van der Waals surface area contributed by atoms with E-state index in [1.165, 1.54) is 0 Å². The molecule has 1 aliphatic rings. The fraction of sp³-hybridized carbons (Fsp3) is 0.364. The quantitative estimate of drug-likeness (QED) is 0.644. The number of thiazole rings is 1. The summed E-state index contributed by atoms with van der Waals surface area (Å²) in [5, 5.41) is 4.00. The SMILES string of the molecule is CCOc1ccc2nc(N3CCC[C@@H](C(=O)Nc4ccc(OC)cc4)C3)sc2c1. The lowest BCUT2D eigenvalue weighted by Gasteiger charge is -2.31. The number of ether oxygens (including phenoxy) is 2. The molecule has 7 heteroatoms. The highest BCUT2D eigenvalue weighted by molar-refractivity contribution is 7.22. The van der Waals surface area contributed by atoms with E-state index >= 15 is 0 Å². The summed E-state index contributed by atoms with van der Waals surface area (Å²) in [6, 6.07) is 13.4. The molecular weight excluding hydrogens is 386 g/mol. The molecule has 1 N–H and O–H groups in total. The largest absolute Gasteiger partial charge is 0.497 e. The van der Waals surface area contributed by atoms with Crippen LogP contribution < -0.4 is 19.7 Å². The van der Waals surface area contributed by atoms with Gasteiger partial charge in [0.1, 0.15) is 11.5 Å². The first kappa shape index (κ1) is 19.5. The molecule has 0 radical (unpaired) electrons. The van der Waals surface area contributed by atoms with Crippen molar-refractivity contribution < 1.29 is 14.3 Å². The number of hydrogen-bond acceptors (Lipinski definition) is 6. The number of benzene rings is 2. The molecular formula is C22H25N3O3S. The maximum Gasteiger partial charge on any atom is 0.229 e. The lowest BCUT2D eigenvalue weighted by Crippen LogP contribution is -2.40. The van der Waals surface area contributed by atoms with E-state index in [2.05, 4.69) is 10.2 Å². The predicted molar refractivity (Wildman–Crippen MR) is 117 cm³/mol. The van der Waals surface area contributed by atoms with Crippen LogP contribution in [0.5, 0.6) is 11.5 Å². The Morgan fingerprint density at radius 3 is 2.79 bits per heavy atom. The lowest BCUT2D eigenvalue weighted by molar-refractivity contribution is -0.120. The summed E-state index contributed by atoms with van der Waals surface area (Å²) in [6.07, 6.45) is 1.86. The number of carbonyl (C=O) groups excluding carboxylic acids is 1. The van der Waals surface area contributed by atoms with Gasteiger partial charge in [-0.05, 0) is 62.2 Å². The second-order valence-electron chi connectivity index (χ2n) is 7.06. The third kappa shape index (κ3) is 4.45. The Labute approximate surface area is 174 Å². The molecule has 0 bridgehead atoms. The van der Waals surface area contributed by atoms with Gasteiger partial charge in [-0.3, -0.25) is 4.79 Å². The Bertz CT molecular complexity index is 987. The van der Waals surface area contributed by atoms with Crippen LogP contribution >= 0.6 is 11.3 Å². The summed E-state index contributed by atoms with van der Waals surface area (Å²) >= 11 is 1.65. The number of fused-ring (bicyclic) bond motifs is 1. The number of nitrogens with one attached hydrogen (secondary N) is 1. The first-order chi connectivity index (χ1) is 14.2. The molecule has 152 valence electrons. The summed E-state index contributed by atoms with van der Waals surface area (Å²) in [6.45, 7) is 4.23. The van der Waals surface area contributed by atoms with E-state index in [4.69, 9.17) is 14.5 Å². The van der Waals surface area contributed by atoms with Crippen LogP contribution in [0, 0.1) is 5.92 Å². The van der Waals surface area contributed by atoms with Crippen LogP contribution in [-0.4, -0.2) is 37.7 Å². The zero-order chi connectivity index (χ0) is 20.2. The van der Waals surface area contributed by atoms with Crippen molar-refractivity contribution >= 4 is 38.3 Å². The Balaban J connectivity index is 1.44. The number of amides is 1. The standard InChI is InChI=1S/C22H25N3O3S/c1-3-28-18-10-11-19-20(13-18)29-22(24-19)25-12-4-5-15(14-25)21(26)23-16-6-8-17(27-2)9-7-16/h6-11,13,15H,3-5,12,14H2,1-2H3,(H,23,26)/t15-/m1/s1. The van der Waals surface area contributed by atoms with Gasteiger partial charge in [-0.1, -0.05) is 11.3 Å². The Hall–Kier alpha value is -2.80. The topological polar surface area (TPSA) is 63.7 Å². The minimum atomic E-state index is -0.0585. The second-order valence-corrected chi connectivity index (χ2v) is 8.07. The van der Waals surface area contributed by atoms with Gasteiger partial charge in [-0.15, -0.1) is 0 Å². The molecule has 2 heterocycles. The van der Waals surface area contributed by atoms with Crippen LogP contribution in [0.15, 0.2) is 42.5 Å². The molecule has 3 aromatic rings. The molecule has 29 heavy (non-hydrogen) atoms. The molecule has 1 amide bonds. The van der Waals surface area contributed by atoms with Crippen molar-refractivity contribution in [2.24, 2.45) is 5.92 Å². The zero-order valence-corrected chi connectivity index (χ0v) is 17.5. The van der Waals surface area contributed by atoms with E-state index in [0.717, 1.165) is 51.9 Å². The van der Waals surface area contributed by atoms with Crippen LogP contribution in [-0.2, 0) is 4.79 Å². The van der Waals surface area contributed by atoms with Crippen LogP contribution in [0.25, 0.3) is 10.2 Å². The molecule has 4 rings (SSSR count). The molecule has 1 saturated heterocycles. The van der Waals surface area contributed by atoms with Crippen LogP contribution in [0.1, 0.15) is 19.8 Å². The number of carbonyl (C=O) groups is 1. The molecule has 0 unspecified atom stereocenters. The van der Waals surface area contributed by atoms with E-state index < -0.39 is 0 Å². The molecule has 0 saturated carbocycles. The van der Waals surface area contributed by atoms with Gasteiger partial charge in [0.25, 0.3) is 0 Å². The molecule has 2 aromatic carbocycles. The van der Waals surface area contributed by atoms with E-state index in [9.17, 15) is 4.79 Å². The normalized spacial score (nSPS) is 16.6. The lowest BCUT2D eigenvalue weighted by atomic mass is 9.97. The van der Waals surface area contributed by atoms with E-state index in [1.54, 1.807) is 18.4 Å². The summed E-state index contributed by atoms with van der Waals surface area (Å²) in [7, 11) is 1.63. The van der Waals surface area contributed by atoms with Gasteiger partial charge in [0.15, 0.2) is 5.13 Å². The molecule has 0 spiro atoms. The van der Waals surface area contributed by atoms with Gasteiger partial charge < -0.3 is 19.7 Å². The van der Waals surface area contributed by atoms with Crippen molar-refractivity contribution in [1.29, 1.82) is 0 Å². The average Bonchev–Trinajstić information content (AvgIpc) is 3.18. The maximum absolute atomic E-state index is 12.8. The molecule has 1 aromatic heterocycles. The highest BCUT2D eigenvalue weighted by Crippen LogP contribution is 2.33. The molecule has 1 fully saturated rings. The Morgan fingerprint density at radius 1 is 1.24 bits per heavy atom. The van der Waals surface area contributed by atoms with E-state index in [-0.39, 0.29) is 11.8 Å². The fourth-order valence-electron chi connectivity index (χ4n) is 3.57. The number of methoxy groups -OCH3 is 1. The average molecular weight is 412 g/mol. The summed E-state index contributed by atoms with van der Waals surface area (Å²) in [5.74, 6) is 1.64. The van der Waals surface area contributed by atoms with Crippen molar-refractivity contribution in [2.45, 2.75) is 19.8 Å². The summed E-state index contributed by atoms with van der Waals surface area (Å²) < 4.78 is 11.9. The first-order valence-electron chi connectivity index (χ1n) is 9.89. The van der Waals surface area contributed by atoms with Gasteiger partial charge in [-0.2, -0.15) is 0 Å². The van der Waals surface area contributed by atoms with Crippen molar-refractivity contribution in [3.8, 4) is 11.5 Å². The number of rotatable bonds is 6. The van der Waals surface area contributed by atoms with Crippen molar-refractivity contribution in [3.05, 3.63) is 42.5 Å². The minimum Gasteiger partial charge on any atom is -0.497 e. The third-order valence-electron chi connectivity index (χ3n) is 5.08. The van der Waals surface area contributed by atoms with Crippen molar-refractivity contribution in [1.82, 2.24) is 4.98 Å². The van der Waals surface area contributed by atoms with Gasteiger partial charge >= 0.3 is 0 Å². The molecule has 1 atom stereocenters. The van der Waals surface area contributed by atoms with Crippen LogP contribution in [0.3, 0.4) is 0 Å². The van der Waals surface area contributed by atoms with Gasteiger partial charge in [0.2, 0.25) is 5.91 Å². The number of anilines is 2. The molecule has 6 nitrogen and oxygen atoms in total. The van der Waals surface area contributed by atoms with Gasteiger partial charge in [-0.25, -0.2) is 4.98 Å². The first-order valence-corrected chi connectivity index (χ1v) is 10.7. The Kier molecular flexibility index (Phi) is 5.85. The van der Waals surface area contributed by atoms with Crippen molar-refractivity contribution in [2.75, 3.05) is 37.0 Å². The minimum absolute atomic E-state index is 0.0552. The summed E-state index contributed by atoms with van der Waals surface area (Å²) in [5.41, 5.74) is 1.76. The van der Waals surface area contributed by atoms with Crippen LogP contribution in [0.2, 0.25) is 0 Å². The second kappa shape index (κ2) is 8.69. The van der Waals surface area contributed by atoms with E-state index in [0.29, 0.717) is 13.2 Å². The maximum atomic E-state index is 12.8. The fourth-order valence-corrected chi connectivity index (χ4v) is 4.60. The number of aromatic nitrogens is 1. The summed E-state index contributed by atoms with van der Waals surface area (Å²) in [4.78, 5) is 19.8. The highest BCUT2D eigenvalue weighted by atomic mass is 32.1. The number of hydrogen-bond donors (Lipinski definition) is 1. The smallest absolute Gasteiger partial charge is 0.229 e. The monoisotopic (exact) mass is 411 g/mol. The molecule has 0 aliphatic carbocycles.